The molecular weight excluding hydrogens is 296 g/mol. The lowest BCUT2D eigenvalue weighted by molar-refractivity contribution is -0.533. The van der Waals surface area contributed by atoms with Gasteiger partial charge in [0.15, 0.2) is 0 Å². The lowest BCUT2D eigenvalue weighted by atomic mass is 9.82. The molecule has 0 radical (unpaired) electrons. The molecule has 126 valence electrons. The zero-order chi connectivity index (χ0) is 16.4. The van der Waals surface area contributed by atoms with E-state index < -0.39 is 36.4 Å². The smallest absolute Gasteiger partial charge is 0.333 e. The number of carbonyl (C=O) groups is 1. The minimum atomic E-state index is -1.62. The third-order valence-corrected chi connectivity index (χ3v) is 3.96. The molecule has 3 aliphatic heterocycles. The maximum Gasteiger partial charge on any atom is 0.333 e. The second-order valence-corrected chi connectivity index (χ2v) is 5.48. The zero-order valence-electron chi connectivity index (χ0n) is 12.7. The molecule has 2 bridgehead atoms. The summed E-state index contributed by atoms with van der Waals surface area (Å²) >= 11 is 0. The number of esters is 1. The van der Waals surface area contributed by atoms with Crippen LogP contribution in [0, 0.1) is 5.41 Å². The highest BCUT2D eigenvalue weighted by Gasteiger charge is 2.74. The number of hydrogen-bond acceptors (Lipinski definition) is 8. The Morgan fingerprint density at radius 3 is 2.45 bits per heavy atom. The van der Waals surface area contributed by atoms with Crippen LogP contribution in [0.2, 0.25) is 0 Å². The van der Waals surface area contributed by atoms with E-state index in [2.05, 4.69) is 0 Å². The molecule has 3 fully saturated rings. The molecule has 3 N–H and O–H groups in total. The second kappa shape index (κ2) is 6.23. The third kappa shape index (κ3) is 2.55. The van der Waals surface area contributed by atoms with Crippen molar-refractivity contribution in [1.29, 1.82) is 0 Å². The van der Waals surface area contributed by atoms with Gasteiger partial charge < -0.3 is 24.8 Å². The predicted molar refractivity (Wildman–Crippen MR) is 72.3 cm³/mol. The Balaban J connectivity index is 2.14. The molecule has 8 nitrogen and oxygen atoms in total. The fourth-order valence-corrected chi connectivity index (χ4v) is 2.65. The normalized spacial score (nSPS) is 31.0. The summed E-state index contributed by atoms with van der Waals surface area (Å²) in [7, 11) is 0. The van der Waals surface area contributed by atoms with Crippen molar-refractivity contribution in [2.45, 2.75) is 32.0 Å². The standard InChI is InChI=1S/C14H22O8/c1-3-19-11(18)10(2)6-13-9-20-14(21-13,22-13)12(7-16,8-17)4-5-15/h6,15-17H,3-5,7-9H2,1-2H3/b10-6+. The van der Waals surface area contributed by atoms with Crippen LogP contribution in [0.1, 0.15) is 20.3 Å². The highest BCUT2D eigenvalue weighted by atomic mass is 17.0. The second-order valence-electron chi connectivity index (χ2n) is 5.48. The van der Waals surface area contributed by atoms with Crippen molar-refractivity contribution in [3.8, 4) is 0 Å². The summed E-state index contributed by atoms with van der Waals surface area (Å²) in [6.45, 7) is 2.29. The van der Waals surface area contributed by atoms with Crippen molar-refractivity contribution in [2.24, 2.45) is 5.41 Å². The number of aliphatic hydroxyl groups excluding tert-OH is 3. The van der Waals surface area contributed by atoms with Crippen molar-refractivity contribution in [3.63, 3.8) is 0 Å². The summed E-state index contributed by atoms with van der Waals surface area (Å²) < 4.78 is 21.7. The van der Waals surface area contributed by atoms with Crippen LogP contribution in [0.3, 0.4) is 0 Å². The van der Waals surface area contributed by atoms with E-state index >= 15 is 0 Å². The largest absolute Gasteiger partial charge is 0.463 e. The molecule has 8 heteroatoms. The van der Waals surface area contributed by atoms with Gasteiger partial charge in [0.25, 0.3) is 5.97 Å². The van der Waals surface area contributed by atoms with Gasteiger partial charge in [-0.3, -0.25) is 9.47 Å². The summed E-state index contributed by atoms with van der Waals surface area (Å²) in [5.74, 6) is -3.34. The van der Waals surface area contributed by atoms with E-state index in [0.29, 0.717) is 5.57 Å². The van der Waals surface area contributed by atoms with Crippen LogP contribution in [0.5, 0.6) is 0 Å². The minimum absolute atomic E-state index is 0.0108. The Bertz CT molecular complexity index is 448. The maximum absolute atomic E-state index is 11.6. The molecule has 0 unspecified atom stereocenters. The first-order chi connectivity index (χ1) is 10.4. The van der Waals surface area contributed by atoms with Gasteiger partial charge in [-0.05, 0) is 26.3 Å². The molecule has 0 aromatic carbocycles. The van der Waals surface area contributed by atoms with Gasteiger partial charge in [-0.1, -0.05) is 0 Å². The number of fused-ring (bicyclic) bond motifs is 1. The van der Waals surface area contributed by atoms with Crippen molar-refractivity contribution in [3.05, 3.63) is 11.6 Å². The molecule has 0 amide bonds. The van der Waals surface area contributed by atoms with Crippen LogP contribution in [0.25, 0.3) is 0 Å². The third-order valence-electron chi connectivity index (χ3n) is 3.96. The highest BCUT2D eigenvalue weighted by molar-refractivity contribution is 5.87. The molecule has 0 spiro atoms. The summed E-state index contributed by atoms with van der Waals surface area (Å²) in [6.07, 6.45) is 1.49. The molecule has 0 atom stereocenters. The summed E-state index contributed by atoms with van der Waals surface area (Å²) in [6, 6.07) is 0. The highest BCUT2D eigenvalue weighted by Crippen LogP contribution is 2.57. The zero-order valence-corrected chi connectivity index (χ0v) is 12.7. The summed E-state index contributed by atoms with van der Waals surface area (Å²) in [5.41, 5.74) is -0.977. The maximum atomic E-state index is 11.6. The van der Waals surface area contributed by atoms with Crippen LogP contribution >= 0.6 is 0 Å². The minimum Gasteiger partial charge on any atom is -0.463 e. The van der Waals surface area contributed by atoms with E-state index in [-0.39, 0.29) is 26.2 Å². The fourth-order valence-electron chi connectivity index (χ4n) is 2.65. The summed E-state index contributed by atoms with van der Waals surface area (Å²) in [4.78, 5) is 11.6. The first-order valence-electron chi connectivity index (χ1n) is 7.15. The van der Waals surface area contributed by atoms with Crippen LogP contribution in [0.4, 0.5) is 0 Å². The topological polar surface area (TPSA) is 115 Å². The van der Waals surface area contributed by atoms with Crippen molar-refractivity contribution in [1.82, 2.24) is 0 Å². The van der Waals surface area contributed by atoms with Crippen LogP contribution in [-0.2, 0) is 23.7 Å². The van der Waals surface area contributed by atoms with Gasteiger partial charge in [0.2, 0.25) is 5.79 Å². The van der Waals surface area contributed by atoms with Crippen molar-refractivity contribution in [2.75, 3.05) is 33.0 Å². The molecule has 0 aromatic heterocycles. The molecule has 3 rings (SSSR count). The summed E-state index contributed by atoms with van der Waals surface area (Å²) in [5, 5.41) is 28.3. The monoisotopic (exact) mass is 318 g/mol. The Labute approximate surface area is 128 Å². The van der Waals surface area contributed by atoms with Crippen molar-refractivity contribution >= 4 is 5.97 Å². The van der Waals surface area contributed by atoms with Gasteiger partial charge in [0.1, 0.15) is 12.0 Å². The number of hydrogen-bond donors (Lipinski definition) is 3. The average molecular weight is 318 g/mol. The lowest BCUT2D eigenvalue weighted by Gasteiger charge is -2.51. The van der Waals surface area contributed by atoms with E-state index in [0.717, 1.165) is 0 Å². The number of ether oxygens (including phenoxy) is 4. The Kier molecular flexibility index (Phi) is 4.90. The Hall–Kier alpha value is -1.03. The number of rotatable bonds is 8. The van der Waals surface area contributed by atoms with Gasteiger partial charge in [-0.2, -0.15) is 0 Å². The lowest BCUT2D eigenvalue weighted by Crippen LogP contribution is -2.66. The van der Waals surface area contributed by atoms with Crippen LogP contribution in [0.15, 0.2) is 11.6 Å². The molecule has 3 saturated heterocycles. The number of carbonyl (C=O) groups excluding carboxylic acids is 1. The van der Waals surface area contributed by atoms with Crippen LogP contribution in [-0.4, -0.2) is 66.1 Å². The van der Waals surface area contributed by atoms with Gasteiger partial charge in [-0.25, -0.2) is 4.79 Å². The first kappa shape index (κ1) is 17.3. The SMILES string of the molecule is CCOC(=O)/C(C)=C/C12COC(C(CO)(CO)CCO)(O1)O2. The number of aliphatic hydroxyl groups is 3. The van der Waals surface area contributed by atoms with Gasteiger partial charge in [0.05, 0.1) is 19.8 Å². The molecule has 3 heterocycles. The molecule has 0 aromatic rings. The predicted octanol–water partition coefficient (Wildman–Crippen LogP) is -0.724. The van der Waals surface area contributed by atoms with E-state index in [4.69, 9.17) is 24.1 Å². The molecule has 0 saturated carbocycles. The van der Waals surface area contributed by atoms with Gasteiger partial charge >= 0.3 is 5.97 Å². The van der Waals surface area contributed by atoms with E-state index in [1.54, 1.807) is 13.8 Å². The van der Waals surface area contributed by atoms with E-state index in [1.807, 2.05) is 0 Å². The molecule has 0 aliphatic carbocycles. The Morgan fingerprint density at radius 1 is 1.32 bits per heavy atom. The van der Waals surface area contributed by atoms with E-state index in [9.17, 15) is 15.0 Å². The van der Waals surface area contributed by atoms with E-state index in [1.165, 1.54) is 6.08 Å². The van der Waals surface area contributed by atoms with Gasteiger partial charge in [0, 0.05) is 12.2 Å². The average Bonchev–Trinajstić information content (AvgIpc) is 3.01. The quantitative estimate of drug-likeness (QED) is 0.397. The fraction of sp³-hybridized carbons (Fsp3) is 0.786. The van der Waals surface area contributed by atoms with Crippen LogP contribution < -0.4 is 0 Å². The van der Waals surface area contributed by atoms with Crippen molar-refractivity contribution < 1.29 is 39.1 Å². The molecule has 3 aliphatic rings. The Morgan fingerprint density at radius 2 is 1.95 bits per heavy atom. The molecular formula is C14H22O8. The van der Waals surface area contributed by atoms with Gasteiger partial charge in [-0.15, -0.1) is 0 Å². The molecule has 22 heavy (non-hydrogen) atoms. The first-order valence-corrected chi connectivity index (χ1v) is 7.15.